The van der Waals surface area contributed by atoms with Crippen LogP contribution in [0.3, 0.4) is 0 Å². The summed E-state index contributed by atoms with van der Waals surface area (Å²) < 4.78 is 0. The van der Waals surface area contributed by atoms with Crippen LogP contribution >= 0.6 is 0 Å². The van der Waals surface area contributed by atoms with Gasteiger partial charge in [0.25, 0.3) is 0 Å². The minimum Gasteiger partial charge on any atom is -0.125 e. The summed E-state index contributed by atoms with van der Waals surface area (Å²) in [6, 6.07) is 6.51. The fourth-order valence-corrected chi connectivity index (χ4v) is 9.59. The summed E-state index contributed by atoms with van der Waals surface area (Å²) in [5.41, 5.74) is 9.19. The molecule has 0 unspecified atom stereocenters. The zero-order valence-corrected chi connectivity index (χ0v) is 19.1. The van der Waals surface area contributed by atoms with E-state index in [1.54, 1.807) is 0 Å². The Morgan fingerprint density at radius 3 is 1.92 bits per heavy atom. The molecule has 0 atom stereocenters. The Balaban J connectivity index is 3.19. The van der Waals surface area contributed by atoms with E-state index in [1.807, 2.05) is 0 Å². The number of aryl methyl sites for hydroxylation is 1. The predicted octanol–water partition coefficient (Wildman–Crippen LogP) is 7.36. The lowest BCUT2D eigenvalue weighted by Crippen LogP contribution is -2.43. The summed E-state index contributed by atoms with van der Waals surface area (Å²) in [5.74, 6) is 6.38. The van der Waals surface area contributed by atoms with Crippen molar-refractivity contribution in [2.75, 3.05) is 0 Å². The van der Waals surface area contributed by atoms with Crippen LogP contribution in [0.5, 0.6) is 0 Å². The largest absolute Gasteiger partial charge is 0.146 e. The van der Waals surface area contributed by atoms with Crippen molar-refractivity contribution in [2.45, 2.75) is 97.2 Å². The maximum absolute atomic E-state index is 5.70. The van der Waals surface area contributed by atoms with Gasteiger partial charge < -0.3 is 0 Å². The number of benzene rings is 1. The minimum atomic E-state index is -1.70. The molecule has 0 radical (unpaired) electrons. The number of unbranched alkanes of at least 4 members (excludes halogenated alkanes) is 3. The van der Waals surface area contributed by atoms with E-state index in [2.05, 4.69) is 84.0 Å². The lowest BCUT2D eigenvalue weighted by Gasteiger charge is -2.38. The molecule has 0 N–H and O–H groups in total. The van der Waals surface area contributed by atoms with Gasteiger partial charge in [0.2, 0.25) is 0 Å². The highest BCUT2D eigenvalue weighted by molar-refractivity contribution is 6.90. The summed E-state index contributed by atoms with van der Waals surface area (Å²) in [4.78, 5) is 0. The number of hydrogen-bond donors (Lipinski definition) is 0. The zero-order valence-electron chi connectivity index (χ0n) is 18.1. The van der Waals surface area contributed by atoms with Gasteiger partial charge in [-0.05, 0) is 53.2 Å². The first-order chi connectivity index (χ1) is 12.3. The quantitative estimate of drug-likeness (QED) is 0.256. The molecule has 0 aliphatic rings. The fourth-order valence-electron chi connectivity index (χ4n) is 4.36. The third-order valence-corrected chi connectivity index (χ3v) is 12.1. The number of terminal acetylenes is 1. The average Bonchev–Trinajstić information content (AvgIpc) is 2.58. The van der Waals surface area contributed by atoms with Gasteiger partial charge in [-0.3, -0.25) is 0 Å². The van der Waals surface area contributed by atoms with Gasteiger partial charge in [0.1, 0.15) is 8.07 Å². The number of hydrogen-bond acceptors (Lipinski definition) is 0. The standard InChI is InChI=1S/C25H38Si/c1-9-11-12-13-14-24-17-23(10-2)18-25(19-24)15-16-26(20(3)4,21(5)6)22(7)8/h2,17-22H,9,11-14H2,1,3-8H3. The summed E-state index contributed by atoms with van der Waals surface area (Å²) in [7, 11) is -1.70. The van der Waals surface area contributed by atoms with Crippen molar-refractivity contribution in [3.63, 3.8) is 0 Å². The fraction of sp³-hybridized carbons (Fsp3) is 0.600. The Hall–Kier alpha value is -1.44. The van der Waals surface area contributed by atoms with Crippen LogP contribution < -0.4 is 0 Å². The first kappa shape index (κ1) is 22.6. The van der Waals surface area contributed by atoms with E-state index in [4.69, 9.17) is 6.42 Å². The van der Waals surface area contributed by atoms with E-state index in [0.717, 1.165) is 17.5 Å². The third kappa shape index (κ3) is 5.79. The monoisotopic (exact) mass is 366 g/mol. The maximum atomic E-state index is 5.70. The lowest BCUT2D eigenvalue weighted by atomic mass is 10.0. The molecule has 142 valence electrons. The van der Waals surface area contributed by atoms with Gasteiger partial charge in [0.15, 0.2) is 0 Å². The molecule has 1 heteroatoms. The molecule has 0 spiro atoms. The molecule has 0 bridgehead atoms. The molecular weight excluding hydrogens is 328 g/mol. The second-order valence-corrected chi connectivity index (χ2v) is 14.1. The molecule has 0 aromatic heterocycles. The van der Waals surface area contributed by atoms with Gasteiger partial charge in [-0.2, -0.15) is 0 Å². The van der Waals surface area contributed by atoms with E-state index in [-0.39, 0.29) is 0 Å². The molecule has 0 fully saturated rings. The zero-order chi connectivity index (χ0) is 19.7. The van der Waals surface area contributed by atoms with Crippen molar-refractivity contribution in [3.8, 4) is 23.8 Å². The van der Waals surface area contributed by atoms with Crippen molar-refractivity contribution >= 4 is 8.07 Å². The summed E-state index contributed by atoms with van der Waals surface area (Å²) in [6.45, 7) is 16.4. The van der Waals surface area contributed by atoms with E-state index in [0.29, 0.717) is 16.6 Å². The summed E-state index contributed by atoms with van der Waals surface area (Å²) >= 11 is 0. The van der Waals surface area contributed by atoms with Crippen LogP contribution in [0.15, 0.2) is 18.2 Å². The Kier molecular flexibility index (Phi) is 9.25. The van der Waals surface area contributed by atoms with Gasteiger partial charge in [-0.25, -0.2) is 0 Å². The Bertz CT molecular complexity index is 640. The van der Waals surface area contributed by atoms with E-state index < -0.39 is 8.07 Å². The highest BCUT2D eigenvalue weighted by atomic mass is 28.3. The van der Waals surface area contributed by atoms with Gasteiger partial charge in [-0.15, -0.1) is 12.0 Å². The predicted molar refractivity (Wildman–Crippen MR) is 120 cm³/mol. The molecule has 1 aromatic carbocycles. The highest BCUT2D eigenvalue weighted by Gasteiger charge is 2.41. The molecule has 0 heterocycles. The SMILES string of the molecule is C#Cc1cc(C#C[Si](C(C)C)(C(C)C)C(C)C)cc(CCCCCC)c1. The highest BCUT2D eigenvalue weighted by Crippen LogP contribution is 2.40. The Morgan fingerprint density at radius 2 is 1.42 bits per heavy atom. The van der Waals surface area contributed by atoms with Crippen molar-refractivity contribution in [3.05, 3.63) is 34.9 Å². The molecule has 1 aromatic rings. The van der Waals surface area contributed by atoms with Crippen LogP contribution in [0.25, 0.3) is 0 Å². The molecule has 0 nitrogen and oxygen atoms in total. The molecule has 26 heavy (non-hydrogen) atoms. The molecular formula is C25H38Si. The van der Waals surface area contributed by atoms with Crippen LogP contribution in [0.2, 0.25) is 16.6 Å². The normalized spacial score (nSPS) is 11.6. The first-order valence-electron chi connectivity index (χ1n) is 10.4. The van der Waals surface area contributed by atoms with Gasteiger partial charge in [0, 0.05) is 11.1 Å². The molecule has 0 saturated carbocycles. The molecule has 1 rings (SSSR count). The topological polar surface area (TPSA) is 0 Å². The second kappa shape index (κ2) is 10.6. The van der Waals surface area contributed by atoms with E-state index in [9.17, 15) is 0 Å². The molecule has 0 saturated heterocycles. The van der Waals surface area contributed by atoms with E-state index in [1.165, 1.54) is 31.2 Å². The Labute approximate surface area is 164 Å². The van der Waals surface area contributed by atoms with Crippen LogP contribution in [0, 0.1) is 23.8 Å². The number of rotatable bonds is 8. The van der Waals surface area contributed by atoms with Gasteiger partial charge in [0.05, 0.1) is 0 Å². The molecule has 0 aliphatic carbocycles. The van der Waals surface area contributed by atoms with Crippen LogP contribution in [0.1, 0.15) is 90.8 Å². The average molecular weight is 367 g/mol. The lowest BCUT2D eigenvalue weighted by molar-refractivity contribution is 0.667. The summed E-state index contributed by atoms with van der Waals surface area (Å²) in [6.07, 6.45) is 11.9. The second-order valence-electron chi connectivity index (χ2n) is 8.52. The van der Waals surface area contributed by atoms with Crippen LogP contribution in [-0.4, -0.2) is 8.07 Å². The summed E-state index contributed by atoms with van der Waals surface area (Å²) in [5, 5.41) is 0. The van der Waals surface area contributed by atoms with Crippen LogP contribution in [-0.2, 0) is 6.42 Å². The van der Waals surface area contributed by atoms with Crippen molar-refractivity contribution in [2.24, 2.45) is 0 Å². The maximum Gasteiger partial charge on any atom is 0.146 e. The first-order valence-corrected chi connectivity index (χ1v) is 12.6. The van der Waals surface area contributed by atoms with Crippen molar-refractivity contribution in [1.29, 1.82) is 0 Å². The minimum absolute atomic E-state index is 0.652. The van der Waals surface area contributed by atoms with Gasteiger partial charge in [-0.1, -0.05) is 79.6 Å². The Morgan fingerprint density at radius 1 is 0.846 bits per heavy atom. The molecule has 0 amide bonds. The molecule has 0 aliphatic heterocycles. The van der Waals surface area contributed by atoms with Crippen LogP contribution in [0.4, 0.5) is 0 Å². The van der Waals surface area contributed by atoms with E-state index >= 15 is 0 Å². The van der Waals surface area contributed by atoms with Crippen molar-refractivity contribution in [1.82, 2.24) is 0 Å². The smallest absolute Gasteiger partial charge is 0.125 e. The van der Waals surface area contributed by atoms with Gasteiger partial charge >= 0.3 is 0 Å². The van der Waals surface area contributed by atoms with Crippen molar-refractivity contribution < 1.29 is 0 Å². The third-order valence-electron chi connectivity index (χ3n) is 5.77.